The topological polar surface area (TPSA) is 89.6 Å². The van der Waals surface area contributed by atoms with E-state index < -0.39 is 0 Å². The Labute approximate surface area is 110 Å². The maximum Gasteiger partial charge on any atom is 0.223 e. The van der Waals surface area contributed by atoms with Crippen molar-refractivity contribution < 1.29 is 0 Å². The fourth-order valence-electron chi connectivity index (χ4n) is 1.35. The number of aromatic nitrogens is 4. The molecule has 3 N–H and O–H groups in total. The number of rotatable bonds is 4. The first-order chi connectivity index (χ1) is 8.65. The van der Waals surface area contributed by atoms with E-state index in [0.717, 1.165) is 11.5 Å². The van der Waals surface area contributed by atoms with Crippen molar-refractivity contribution in [3.63, 3.8) is 0 Å². The fraction of sp³-hybridized carbons (Fsp3) is 0.182. The molecule has 0 bridgehead atoms. The third kappa shape index (κ3) is 3.17. The second kappa shape index (κ2) is 5.46. The predicted molar refractivity (Wildman–Crippen MR) is 72.0 cm³/mol. The first-order valence-electron chi connectivity index (χ1n) is 5.30. The third-order valence-electron chi connectivity index (χ3n) is 2.17. The molecular weight excluding hydrogens is 248 g/mol. The molecule has 0 aliphatic rings. The smallest absolute Gasteiger partial charge is 0.223 e. The molecule has 0 radical (unpaired) electrons. The van der Waals surface area contributed by atoms with Gasteiger partial charge in [-0.1, -0.05) is 12.2 Å². The van der Waals surface area contributed by atoms with Crippen LogP contribution in [-0.4, -0.2) is 24.9 Å². The first kappa shape index (κ1) is 12.3. The quantitative estimate of drug-likeness (QED) is 0.786. The average molecular weight is 260 g/mol. The second-order valence-electron chi connectivity index (χ2n) is 3.58. The van der Waals surface area contributed by atoms with Gasteiger partial charge in [-0.25, -0.2) is 19.9 Å². The van der Waals surface area contributed by atoms with Gasteiger partial charge in [0, 0.05) is 12.4 Å². The van der Waals surface area contributed by atoms with Gasteiger partial charge in [0.1, 0.15) is 16.5 Å². The van der Waals surface area contributed by atoms with Crippen molar-refractivity contribution in [1.29, 1.82) is 0 Å². The Hall–Kier alpha value is -2.15. The van der Waals surface area contributed by atoms with E-state index in [0.29, 0.717) is 18.2 Å². The van der Waals surface area contributed by atoms with E-state index in [1.807, 2.05) is 13.0 Å². The molecule has 0 aliphatic heterocycles. The normalized spacial score (nSPS) is 10.1. The summed E-state index contributed by atoms with van der Waals surface area (Å²) in [5.41, 5.74) is 6.91. The molecule has 0 amide bonds. The van der Waals surface area contributed by atoms with Gasteiger partial charge in [-0.3, -0.25) is 0 Å². The summed E-state index contributed by atoms with van der Waals surface area (Å²) in [6.07, 6.45) is 3.32. The highest BCUT2D eigenvalue weighted by molar-refractivity contribution is 7.80. The highest BCUT2D eigenvalue weighted by atomic mass is 32.1. The van der Waals surface area contributed by atoms with Gasteiger partial charge in [0.2, 0.25) is 5.95 Å². The van der Waals surface area contributed by atoms with Crippen LogP contribution in [-0.2, 0) is 6.54 Å². The summed E-state index contributed by atoms with van der Waals surface area (Å²) in [4.78, 5) is 16.8. The van der Waals surface area contributed by atoms with Crippen LogP contribution in [0.1, 0.15) is 17.2 Å². The first-order valence-corrected chi connectivity index (χ1v) is 5.71. The average Bonchev–Trinajstić information content (AvgIpc) is 2.37. The van der Waals surface area contributed by atoms with Crippen molar-refractivity contribution >= 4 is 23.2 Å². The molecule has 0 unspecified atom stereocenters. The molecule has 2 aromatic rings. The molecule has 7 heteroatoms. The zero-order valence-electron chi connectivity index (χ0n) is 9.79. The van der Waals surface area contributed by atoms with Crippen LogP contribution in [0.15, 0.2) is 24.5 Å². The van der Waals surface area contributed by atoms with Crippen molar-refractivity contribution in [2.75, 3.05) is 5.32 Å². The molecule has 0 fully saturated rings. The summed E-state index contributed by atoms with van der Waals surface area (Å²) in [7, 11) is 0. The van der Waals surface area contributed by atoms with Crippen molar-refractivity contribution in [2.24, 2.45) is 5.73 Å². The Bertz CT molecular complexity index is 571. The fourth-order valence-corrected chi connectivity index (χ4v) is 1.47. The molecule has 2 rings (SSSR count). The van der Waals surface area contributed by atoms with Gasteiger partial charge >= 0.3 is 0 Å². The van der Waals surface area contributed by atoms with E-state index in [9.17, 15) is 0 Å². The Kier molecular flexibility index (Phi) is 3.73. The minimum Gasteiger partial charge on any atom is -0.388 e. The summed E-state index contributed by atoms with van der Waals surface area (Å²) in [6, 6.07) is 3.50. The van der Waals surface area contributed by atoms with Crippen molar-refractivity contribution in [3.05, 3.63) is 41.7 Å². The predicted octanol–water partition coefficient (Wildman–Crippen LogP) is 0.821. The summed E-state index contributed by atoms with van der Waals surface area (Å²) in [5, 5.41) is 3.06. The van der Waals surface area contributed by atoms with Crippen LogP contribution in [0, 0.1) is 6.92 Å². The number of hydrogen-bond donors (Lipinski definition) is 2. The van der Waals surface area contributed by atoms with E-state index in [4.69, 9.17) is 18.0 Å². The monoisotopic (exact) mass is 260 g/mol. The van der Waals surface area contributed by atoms with Crippen LogP contribution >= 0.6 is 12.2 Å². The van der Waals surface area contributed by atoms with Gasteiger partial charge in [0.25, 0.3) is 0 Å². The van der Waals surface area contributed by atoms with Crippen molar-refractivity contribution in [1.82, 2.24) is 19.9 Å². The van der Waals surface area contributed by atoms with Crippen molar-refractivity contribution in [2.45, 2.75) is 13.5 Å². The molecule has 0 aliphatic carbocycles. The van der Waals surface area contributed by atoms with E-state index in [1.165, 1.54) is 0 Å². The maximum absolute atomic E-state index is 5.50. The number of hydrogen-bond acceptors (Lipinski definition) is 6. The minimum atomic E-state index is 0.248. The zero-order valence-corrected chi connectivity index (χ0v) is 10.6. The van der Waals surface area contributed by atoms with Crippen LogP contribution in [0.5, 0.6) is 0 Å². The second-order valence-corrected chi connectivity index (χ2v) is 4.02. The molecule has 2 heterocycles. The lowest BCUT2D eigenvalue weighted by Gasteiger charge is -2.05. The van der Waals surface area contributed by atoms with Gasteiger partial charge in [-0.05, 0) is 19.1 Å². The van der Waals surface area contributed by atoms with Crippen LogP contribution < -0.4 is 11.1 Å². The minimum absolute atomic E-state index is 0.248. The van der Waals surface area contributed by atoms with Gasteiger partial charge in [-0.15, -0.1) is 0 Å². The lowest BCUT2D eigenvalue weighted by Crippen LogP contribution is -2.14. The third-order valence-corrected chi connectivity index (χ3v) is 2.38. The van der Waals surface area contributed by atoms with Gasteiger partial charge < -0.3 is 11.1 Å². The Balaban J connectivity index is 2.06. The zero-order chi connectivity index (χ0) is 13.0. The highest BCUT2D eigenvalue weighted by Gasteiger charge is 2.02. The lowest BCUT2D eigenvalue weighted by molar-refractivity contribution is 0.939. The SMILES string of the molecule is Cc1nccc(CNc2nccc(C(N)=S)n2)n1. The maximum atomic E-state index is 5.50. The van der Waals surface area contributed by atoms with Crippen molar-refractivity contribution in [3.8, 4) is 0 Å². The van der Waals surface area contributed by atoms with Crippen LogP contribution in [0.4, 0.5) is 5.95 Å². The molecule has 2 aromatic heterocycles. The molecule has 0 atom stereocenters. The van der Waals surface area contributed by atoms with E-state index in [-0.39, 0.29) is 4.99 Å². The van der Waals surface area contributed by atoms with Gasteiger partial charge in [0.05, 0.1) is 12.2 Å². The number of anilines is 1. The molecule has 0 aromatic carbocycles. The number of thiocarbonyl (C=S) groups is 1. The summed E-state index contributed by atoms with van der Waals surface area (Å²) < 4.78 is 0. The number of nitrogens with zero attached hydrogens (tertiary/aromatic N) is 4. The van der Waals surface area contributed by atoms with Crippen LogP contribution in [0.2, 0.25) is 0 Å². The largest absolute Gasteiger partial charge is 0.388 e. The number of nitrogens with two attached hydrogens (primary N) is 1. The highest BCUT2D eigenvalue weighted by Crippen LogP contribution is 2.03. The summed E-state index contributed by atoms with van der Waals surface area (Å²) >= 11 is 4.86. The summed E-state index contributed by atoms with van der Waals surface area (Å²) in [6.45, 7) is 2.36. The van der Waals surface area contributed by atoms with Crippen LogP contribution in [0.3, 0.4) is 0 Å². The van der Waals surface area contributed by atoms with Crippen LogP contribution in [0.25, 0.3) is 0 Å². The Morgan fingerprint density at radius 3 is 2.78 bits per heavy atom. The molecule has 92 valence electrons. The molecule has 0 saturated heterocycles. The lowest BCUT2D eigenvalue weighted by atomic mass is 10.4. The Morgan fingerprint density at radius 1 is 1.28 bits per heavy atom. The van der Waals surface area contributed by atoms with E-state index in [1.54, 1.807) is 18.5 Å². The Morgan fingerprint density at radius 2 is 2.06 bits per heavy atom. The molecule has 0 saturated carbocycles. The standard InChI is InChI=1S/C11H12N6S/c1-7-13-4-2-8(16-7)6-15-11-14-5-3-9(17-11)10(12)18/h2-5H,6H2,1H3,(H2,12,18)(H,14,15,17). The molecule has 0 spiro atoms. The molecule has 6 nitrogen and oxygen atoms in total. The molecular formula is C11H12N6S. The van der Waals surface area contributed by atoms with Gasteiger partial charge in [0.15, 0.2) is 0 Å². The summed E-state index contributed by atoms with van der Waals surface area (Å²) in [5.74, 6) is 1.20. The van der Waals surface area contributed by atoms with Gasteiger partial charge in [-0.2, -0.15) is 0 Å². The number of nitrogens with one attached hydrogen (secondary N) is 1. The van der Waals surface area contributed by atoms with E-state index >= 15 is 0 Å². The molecule has 18 heavy (non-hydrogen) atoms. The van der Waals surface area contributed by atoms with E-state index in [2.05, 4.69) is 25.3 Å². The number of aryl methyl sites for hydroxylation is 1.